The van der Waals surface area contributed by atoms with Crippen LogP contribution in [0, 0.1) is 0 Å². The number of fused-ring (bicyclic) bond motifs is 1. The molecule has 9 heteroatoms. The van der Waals surface area contributed by atoms with Crippen LogP contribution in [0.3, 0.4) is 0 Å². The van der Waals surface area contributed by atoms with Crippen LogP contribution < -0.4 is 15.5 Å². The second kappa shape index (κ2) is 8.49. The van der Waals surface area contributed by atoms with Gasteiger partial charge < -0.3 is 20.0 Å². The van der Waals surface area contributed by atoms with Crippen LogP contribution in [0.5, 0.6) is 0 Å². The van der Waals surface area contributed by atoms with Crippen molar-refractivity contribution in [3.05, 3.63) is 66.1 Å². The highest BCUT2D eigenvalue weighted by atomic mass is 32.2. The number of rotatable bonds is 4. The Morgan fingerprint density at radius 3 is 2.27 bits per heavy atom. The fraction of sp³-hybridized carbons (Fsp3) is 0.250. The maximum Gasteiger partial charge on any atom is 0.294 e. The van der Waals surface area contributed by atoms with Crippen molar-refractivity contribution in [3.8, 4) is 11.1 Å². The monoisotopic (exact) mass is 467 g/mol. The summed E-state index contributed by atoms with van der Waals surface area (Å²) < 4.78 is 29.1. The van der Waals surface area contributed by atoms with E-state index in [9.17, 15) is 18.0 Å². The third-order valence-electron chi connectivity index (χ3n) is 5.69. The highest BCUT2D eigenvalue weighted by molar-refractivity contribution is 7.90. The van der Waals surface area contributed by atoms with Gasteiger partial charge in [-0.25, -0.2) is 8.42 Å². The number of nitrogens with zero attached hydrogens (tertiary/aromatic N) is 2. The smallest absolute Gasteiger partial charge is 0.294 e. The quantitative estimate of drug-likeness (QED) is 0.630. The lowest BCUT2D eigenvalue weighted by molar-refractivity contribution is -0.117. The Bertz CT molecular complexity index is 1330. The molecule has 2 N–H and O–H groups in total. The van der Waals surface area contributed by atoms with Crippen molar-refractivity contribution in [2.75, 3.05) is 22.6 Å². The molecule has 0 aliphatic carbocycles. The van der Waals surface area contributed by atoms with Crippen molar-refractivity contribution in [2.24, 2.45) is 5.73 Å². The van der Waals surface area contributed by atoms with Gasteiger partial charge in [-0.15, -0.1) is 0 Å². The predicted octanol–water partition coefficient (Wildman–Crippen LogP) is 3.21. The van der Waals surface area contributed by atoms with E-state index >= 15 is 0 Å². The lowest BCUT2D eigenvalue weighted by Crippen LogP contribution is -2.51. The Labute approximate surface area is 192 Å². The van der Waals surface area contributed by atoms with E-state index in [0.29, 0.717) is 23.7 Å². The number of benzene rings is 2. The number of hydrogen-bond acceptors (Lipinski definition) is 6. The molecule has 4 rings (SSSR count). The van der Waals surface area contributed by atoms with Gasteiger partial charge in [-0.2, -0.15) is 0 Å². The van der Waals surface area contributed by atoms with Crippen LogP contribution in [0.4, 0.5) is 11.4 Å². The molecule has 0 saturated heterocycles. The van der Waals surface area contributed by atoms with Crippen LogP contribution in [0.2, 0.25) is 0 Å². The Morgan fingerprint density at radius 1 is 1.03 bits per heavy atom. The summed E-state index contributed by atoms with van der Waals surface area (Å²) in [4.78, 5) is 29.2. The topological polar surface area (TPSA) is 114 Å². The standard InChI is InChI=1S/C24H25N3O5S/c1-15-14-26(24(29)23-11-7-19(13-25)32-23)22-12-18(6-10-21(22)27(15)16(2)28)17-4-8-20(9-5-17)33(3,30)31/h4-12,15H,13-14,25H2,1-3H3. The van der Waals surface area contributed by atoms with Gasteiger partial charge in [0, 0.05) is 19.7 Å². The zero-order valence-electron chi connectivity index (χ0n) is 18.6. The van der Waals surface area contributed by atoms with Gasteiger partial charge in [-0.1, -0.05) is 18.2 Å². The van der Waals surface area contributed by atoms with E-state index in [1.165, 1.54) is 6.92 Å². The molecule has 1 aromatic heterocycles. The number of carbonyl (C=O) groups is 2. The molecule has 1 aliphatic heterocycles. The summed E-state index contributed by atoms with van der Waals surface area (Å²) in [6, 6.07) is 15.1. The SMILES string of the molecule is CC(=O)N1c2ccc(-c3ccc(S(C)(=O)=O)cc3)cc2N(C(=O)c2ccc(CN)o2)CC1C. The average Bonchev–Trinajstić information content (AvgIpc) is 3.26. The first-order chi connectivity index (χ1) is 15.6. The summed E-state index contributed by atoms with van der Waals surface area (Å²) in [5, 5.41) is 0. The highest BCUT2D eigenvalue weighted by Crippen LogP contribution is 2.39. The summed E-state index contributed by atoms with van der Waals surface area (Å²) in [6.07, 6.45) is 1.16. The van der Waals surface area contributed by atoms with Crippen molar-refractivity contribution in [1.29, 1.82) is 0 Å². The van der Waals surface area contributed by atoms with Gasteiger partial charge in [0.15, 0.2) is 15.6 Å². The molecule has 3 aromatic rings. The minimum Gasteiger partial charge on any atom is -0.455 e. The maximum absolute atomic E-state index is 13.3. The Morgan fingerprint density at radius 2 is 1.70 bits per heavy atom. The fourth-order valence-electron chi connectivity index (χ4n) is 4.11. The number of carbonyl (C=O) groups excluding carboxylic acids is 2. The average molecular weight is 468 g/mol. The molecule has 0 saturated carbocycles. The predicted molar refractivity (Wildman–Crippen MR) is 126 cm³/mol. The van der Waals surface area contributed by atoms with E-state index in [4.69, 9.17) is 10.2 Å². The first-order valence-corrected chi connectivity index (χ1v) is 12.3. The van der Waals surface area contributed by atoms with Gasteiger partial charge in [0.2, 0.25) is 5.91 Å². The molecular weight excluding hydrogens is 442 g/mol. The van der Waals surface area contributed by atoms with E-state index in [1.54, 1.807) is 52.3 Å². The zero-order chi connectivity index (χ0) is 23.9. The van der Waals surface area contributed by atoms with E-state index in [-0.39, 0.29) is 35.1 Å². The lowest BCUT2D eigenvalue weighted by Gasteiger charge is -2.40. The molecule has 1 aliphatic rings. The van der Waals surface area contributed by atoms with Crippen molar-refractivity contribution >= 4 is 33.0 Å². The van der Waals surface area contributed by atoms with Gasteiger partial charge in [-0.05, 0) is 54.4 Å². The van der Waals surface area contributed by atoms with Gasteiger partial charge in [0.25, 0.3) is 5.91 Å². The van der Waals surface area contributed by atoms with Gasteiger partial charge in [0.05, 0.1) is 28.9 Å². The normalized spacial score (nSPS) is 15.9. The Balaban J connectivity index is 1.80. The first kappa shape index (κ1) is 22.8. The second-order valence-electron chi connectivity index (χ2n) is 8.12. The molecule has 172 valence electrons. The number of amides is 2. The van der Waals surface area contributed by atoms with Crippen LogP contribution in [0.1, 0.15) is 30.2 Å². The summed E-state index contributed by atoms with van der Waals surface area (Å²) in [6.45, 7) is 3.86. The number of hydrogen-bond donors (Lipinski definition) is 1. The Kier molecular flexibility index (Phi) is 5.85. The van der Waals surface area contributed by atoms with E-state index in [2.05, 4.69) is 0 Å². The van der Waals surface area contributed by atoms with Crippen LogP contribution in [-0.2, 0) is 21.2 Å². The van der Waals surface area contributed by atoms with Crippen molar-refractivity contribution < 1.29 is 22.4 Å². The fourth-order valence-corrected chi connectivity index (χ4v) is 4.74. The summed E-state index contributed by atoms with van der Waals surface area (Å²) >= 11 is 0. The largest absolute Gasteiger partial charge is 0.455 e. The molecule has 1 unspecified atom stereocenters. The third-order valence-corrected chi connectivity index (χ3v) is 6.82. The molecule has 2 amide bonds. The number of nitrogens with two attached hydrogens (primary N) is 1. The van der Waals surface area contributed by atoms with Gasteiger partial charge >= 0.3 is 0 Å². The van der Waals surface area contributed by atoms with Crippen molar-refractivity contribution in [3.63, 3.8) is 0 Å². The minimum absolute atomic E-state index is 0.121. The number of furan rings is 1. The maximum atomic E-state index is 13.3. The van der Waals surface area contributed by atoms with Crippen LogP contribution >= 0.6 is 0 Å². The number of sulfone groups is 1. The van der Waals surface area contributed by atoms with E-state index in [0.717, 1.165) is 17.4 Å². The Hall–Kier alpha value is -3.43. The first-order valence-electron chi connectivity index (χ1n) is 10.4. The van der Waals surface area contributed by atoms with E-state index in [1.807, 2.05) is 19.1 Å². The molecular formula is C24H25N3O5S. The molecule has 0 radical (unpaired) electrons. The molecule has 0 bridgehead atoms. The summed E-state index contributed by atoms with van der Waals surface area (Å²) in [5.74, 6) is 0.238. The molecule has 8 nitrogen and oxygen atoms in total. The zero-order valence-corrected chi connectivity index (χ0v) is 19.4. The molecule has 1 atom stereocenters. The van der Waals surface area contributed by atoms with Crippen LogP contribution in [-0.4, -0.2) is 39.1 Å². The van der Waals surface area contributed by atoms with Crippen molar-refractivity contribution in [2.45, 2.75) is 31.3 Å². The molecule has 0 fully saturated rings. The van der Waals surface area contributed by atoms with E-state index < -0.39 is 9.84 Å². The minimum atomic E-state index is -3.31. The van der Waals surface area contributed by atoms with Gasteiger partial charge in [-0.3, -0.25) is 9.59 Å². The summed E-state index contributed by atoms with van der Waals surface area (Å²) in [7, 11) is -3.31. The van der Waals surface area contributed by atoms with Gasteiger partial charge in [0.1, 0.15) is 5.76 Å². The third kappa shape index (κ3) is 4.29. The van der Waals surface area contributed by atoms with Crippen LogP contribution in [0.25, 0.3) is 11.1 Å². The molecule has 33 heavy (non-hydrogen) atoms. The highest BCUT2D eigenvalue weighted by Gasteiger charge is 2.35. The van der Waals surface area contributed by atoms with Crippen LogP contribution in [0.15, 0.2) is 63.9 Å². The molecule has 0 spiro atoms. The number of anilines is 2. The molecule has 2 heterocycles. The van der Waals surface area contributed by atoms with Crippen molar-refractivity contribution in [1.82, 2.24) is 0 Å². The summed E-state index contributed by atoms with van der Waals surface area (Å²) in [5.41, 5.74) is 8.38. The second-order valence-corrected chi connectivity index (χ2v) is 10.1. The lowest BCUT2D eigenvalue weighted by atomic mass is 10.0. The molecule has 2 aromatic carbocycles.